The second-order valence-electron chi connectivity index (χ2n) is 8.96. The highest BCUT2D eigenvalue weighted by Gasteiger charge is 2.51. The Bertz CT molecular complexity index is 670. The van der Waals surface area contributed by atoms with E-state index >= 15 is 0 Å². The predicted octanol–water partition coefficient (Wildman–Crippen LogP) is 4.09. The van der Waals surface area contributed by atoms with Crippen molar-refractivity contribution in [2.75, 3.05) is 0 Å². The molecule has 1 amide bonds. The van der Waals surface area contributed by atoms with Crippen LogP contribution in [0.15, 0.2) is 18.2 Å². The molecule has 2 unspecified atom stereocenters. The molecule has 3 nitrogen and oxygen atoms in total. The van der Waals surface area contributed by atoms with Crippen molar-refractivity contribution in [3.8, 4) is 0 Å². The van der Waals surface area contributed by atoms with Crippen LogP contribution < -0.4 is 10.6 Å². The van der Waals surface area contributed by atoms with Crippen LogP contribution in [-0.4, -0.2) is 17.5 Å². The minimum atomic E-state index is -0.592. The number of carbonyl (C=O) groups is 1. The van der Waals surface area contributed by atoms with Crippen molar-refractivity contribution < 1.29 is 13.6 Å². The summed E-state index contributed by atoms with van der Waals surface area (Å²) in [5.41, 5.74) is 0.354. The summed E-state index contributed by atoms with van der Waals surface area (Å²) in [6.07, 6.45) is 7.34. The first kappa shape index (κ1) is 17.9. The lowest BCUT2D eigenvalue weighted by atomic mass is 9.53. The number of halogens is 2. The lowest BCUT2D eigenvalue weighted by Gasteiger charge is -2.57. The SMILES string of the molecule is CC(NC(C)c1ccc(F)cc1F)C(=O)NC12CC3CC(CC(C3)C1)C2. The zero-order valence-electron chi connectivity index (χ0n) is 15.5. The van der Waals surface area contributed by atoms with Gasteiger partial charge in [0.25, 0.3) is 0 Å². The highest BCUT2D eigenvalue weighted by atomic mass is 19.1. The summed E-state index contributed by atoms with van der Waals surface area (Å²) in [5.74, 6) is 1.14. The zero-order valence-corrected chi connectivity index (χ0v) is 15.5. The second-order valence-corrected chi connectivity index (χ2v) is 8.96. The molecule has 1 aromatic rings. The van der Waals surface area contributed by atoms with Gasteiger partial charge in [-0.05, 0) is 76.2 Å². The predicted molar refractivity (Wildman–Crippen MR) is 96.4 cm³/mol. The first-order valence-corrected chi connectivity index (χ1v) is 9.86. The minimum Gasteiger partial charge on any atom is -0.349 e. The molecule has 0 heterocycles. The third-order valence-electron chi connectivity index (χ3n) is 6.75. The van der Waals surface area contributed by atoms with E-state index in [1.807, 2.05) is 6.92 Å². The third-order valence-corrected chi connectivity index (χ3v) is 6.75. The fraction of sp³-hybridized carbons (Fsp3) is 0.667. The second kappa shape index (κ2) is 6.59. The number of hydrogen-bond acceptors (Lipinski definition) is 2. The number of nitrogens with one attached hydrogen (secondary N) is 2. The van der Waals surface area contributed by atoms with Gasteiger partial charge in [0.15, 0.2) is 0 Å². The first-order valence-electron chi connectivity index (χ1n) is 9.86. The number of benzene rings is 1. The Hall–Kier alpha value is -1.49. The molecule has 26 heavy (non-hydrogen) atoms. The molecule has 0 aliphatic heterocycles. The highest BCUT2D eigenvalue weighted by Crippen LogP contribution is 2.55. The van der Waals surface area contributed by atoms with Crippen LogP contribution in [-0.2, 0) is 4.79 Å². The summed E-state index contributed by atoms with van der Waals surface area (Å²) in [7, 11) is 0. The average Bonchev–Trinajstić information content (AvgIpc) is 2.52. The van der Waals surface area contributed by atoms with Gasteiger partial charge in [0.05, 0.1) is 6.04 Å². The van der Waals surface area contributed by atoms with Gasteiger partial charge in [0, 0.05) is 23.2 Å². The van der Waals surface area contributed by atoms with Crippen molar-refractivity contribution >= 4 is 5.91 Å². The van der Waals surface area contributed by atoms with E-state index in [9.17, 15) is 13.6 Å². The maximum atomic E-state index is 14.0. The highest BCUT2D eigenvalue weighted by molar-refractivity contribution is 5.82. The average molecular weight is 362 g/mol. The summed E-state index contributed by atoms with van der Waals surface area (Å²) in [6, 6.07) is 2.77. The summed E-state index contributed by atoms with van der Waals surface area (Å²) < 4.78 is 27.0. The molecule has 2 atom stereocenters. The quantitative estimate of drug-likeness (QED) is 0.828. The van der Waals surface area contributed by atoms with Gasteiger partial charge in [-0.25, -0.2) is 8.78 Å². The van der Waals surface area contributed by atoms with Crippen LogP contribution >= 0.6 is 0 Å². The van der Waals surface area contributed by atoms with E-state index in [0.717, 1.165) is 43.1 Å². The van der Waals surface area contributed by atoms with Crippen molar-refractivity contribution in [1.29, 1.82) is 0 Å². The van der Waals surface area contributed by atoms with Crippen molar-refractivity contribution in [3.63, 3.8) is 0 Å². The molecule has 142 valence electrons. The van der Waals surface area contributed by atoms with Crippen molar-refractivity contribution in [3.05, 3.63) is 35.4 Å². The van der Waals surface area contributed by atoms with Crippen molar-refractivity contribution in [2.24, 2.45) is 17.8 Å². The van der Waals surface area contributed by atoms with E-state index in [0.29, 0.717) is 5.56 Å². The van der Waals surface area contributed by atoms with Gasteiger partial charge >= 0.3 is 0 Å². The van der Waals surface area contributed by atoms with E-state index in [-0.39, 0.29) is 17.5 Å². The van der Waals surface area contributed by atoms with Crippen LogP contribution in [0.2, 0.25) is 0 Å². The normalized spacial score (nSPS) is 34.5. The minimum absolute atomic E-state index is 0.0127. The Morgan fingerprint density at radius 1 is 1.08 bits per heavy atom. The molecule has 4 saturated carbocycles. The lowest BCUT2D eigenvalue weighted by Crippen LogP contribution is -2.62. The van der Waals surface area contributed by atoms with Gasteiger partial charge in [0.2, 0.25) is 5.91 Å². The summed E-state index contributed by atoms with van der Waals surface area (Å²) in [6.45, 7) is 3.61. The summed E-state index contributed by atoms with van der Waals surface area (Å²) >= 11 is 0. The summed E-state index contributed by atoms with van der Waals surface area (Å²) in [4.78, 5) is 12.8. The van der Waals surface area contributed by atoms with E-state index in [4.69, 9.17) is 0 Å². The van der Waals surface area contributed by atoms with Crippen molar-refractivity contribution in [2.45, 2.75) is 70.0 Å². The monoisotopic (exact) mass is 362 g/mol. The standard InChI is InChI=1S/C21H28F2N2O/c1-12(18-4-3-17(22)8-19(18)23)24-13(2)20(26)25-21-9-14-5-15(10-21)7-16(6-14)11-21/h3-4,8,12-16,24H,5-7,9-11H2,1-2H3,(H,25,26). The molecule has 4 aliphatic carbocycles. The van der Waals surface area contributed by atoms with E-state index < -0.39 is 17.7 Å². The van der Waals surface area contributed by atoms with Gasteiger partial charge in [-0.1, -0.05) is 6.07 Å². The fourth-order valence-corrected chi connectivity index (χ4v) is 6.03. The van der Waals surface area contributed by atoms with Gasteiger partial charge in [0.1, 0.15) is 11.6 Å². The molecule has 4 bridgehead atoms. The number of amides is 1. The van der Waals surface area contributed by atoms with Crippen LogP contribution in [0.3, 0.4) is 0 Å². The maximum absolute atomic E-state index is 14.0. The third kappa shape index (κ3) is 3.38. The largest absolute Gasteiger partial charge is 0.349 e. The fourth-order valence-electron chi connectivity index (χ4n) is 6.03. The Kier molecular flexibility index (Phi) is 4.54. The molecular weight excluding hydrogens is 334 g/mol. The molecule has 4 fully saturated rings. The lowest BCUT2D eigenvalue weighted by molar-refractivity contribution is -0.128. The molecule has 1 aromatic carbocycles. The van der Waals surface area contributed by atoms with Crippen LogP contribution in [0.4, 0.5) is 8.78 Å². The molecule has 0 radical (unpaired) electrons. The smallest absolute Gasteiger partial charge is 0.237 e. The molecule has 2 N–H and O–H groups in total. The van der Waals surface area contributed by atoms with Crippen LogP contribution in [0.25, 0.3) is 0 Å². The molecule has 0 saturated heterocycles. The number of rotatable bonds is 5. The van der Waals surface area contributed by atoms with Crippen LogP contribution in [0.1, 0.15) is 64.0 Å². The maximum Gasteiger partial charge on any atom is 0.237 e. The number of hydrogen-bond donors (Lipinski definition) is 2. The zero-order chi connectivity index (χ0) is 18.5. The van der Waals surface area contributed by atoms with Gasteiger partial charge in [-0.15, -0.1) is 0 Å². The van der Waals surface area contributed by atoms with Crippen LogP contribution in [0, 0.1) is 29.4 Å². The topological polar surface area (TPSA) is 41.1 Å². The Labute approximate surface area is 153 Å². The summed E-state index contributed by atoms with van der Waals surface area (Å²) in [5, 5.41) is 6.51. The van der Waals surface area contributed by atoms with Crippen LogP contribution in [0.5, 0.6) is 0 Å². The first-order chi connectivity index (χ1) is 12.3. The molecular formula is C21H28F2N2O. The molecule has 5 rings (SSSR count). The molecule has 5 heteroatoms. The van der Waals surface area contributed by atoms with Crippen molar-refractivity contribution in [1.82, 2.24) is 10.6 Å². The molecule has 0 spiro atoms. The molecule has 4 aliphatic rings. The Morgan fingerprint density at radius 2 is 1.65 bits per heavy atom. The molecule has 0 aromatic heterocycles. The Morgan fingerprint density at radius 3 is 2.19 bits per heavy atom. The van der Waals surface area contributed by atoms with E-state index in [1.165, 1.54) is 31.4 Å². The van der Waals surface area contributed by atoms with E-state index in [2.05, 4.69) is 10.6 Å². The Balaban J connectivity index is 1.39. The van der Waals surface area contributed by atoms with Gasteiger partial charge in [-0.3, -0.25) is 10.1 Å². The van der Waals surface area contributed by atoms with E-state index in [1.54, 1.807) is 6.92 Å². The van der Waals surface area contributed by atoms with Gasteiger partial charge in [-0.2, -0.15) is 0 Å². The number of carbonyl (C=O) groups excluding carboxylic acids is 1. The van der Waals surface area contributed by atoms with Gasteiger partial charge < -0.3 is 5.32 Å².